The van der Waals surface area contributed by atoms with Crippen LogP contribution in [0.25, 0.3) is 0 Å². The number of H-pyrrole nitrogens is 1. The van der Waals surface area contributed by atoms with Crippen molar-refractivity contribution in [2.24, 2.45) is 12.8 Å². The van der Waals surface area contributed by atoms with Crippen molar-refractivity contribution in [3.63, 3.8) is 0 Å². The van der Waals surface area contributed by atoms with Gasteiger partial charge in [0.1, 0.15) is 0 Å². The molecule has 3 N–H and O–H groups in total. The van der Waals surface area contributed by atoms with Gasteiger partial charge in [-0.05, 0) is 23.4 Å². The smallest absolute Gasteiger partial charge is 0.326 e. The van der Waals surface area contributed by atoms with Crippen molar-refractivity contribution in [2.75, 3.05) is 0 Å². The molecule has 6 nitrogen and oxygen atoms in total. The fraction of sp³-hybridized carbons (Fsp3) is 0.182. The van der Waals surface area contributed by atoms with Crippen molar-refractivity contribution in [3.05, 3.63) is 49.5 Å². The average Bonchev–Trinajstić information content (AvgIpc) is 2.38. The van der Waals surface area contributed by atoms with Gasteiger partial charge in [-0.1, -0.05) is 23.7 Å². The van der Waals surface area contributed by atoms with Gasteiger partial charge in [0, 0.05) is 18.5 Å². The molecule has 8 heteroatoms. The Kier molecular flexibility index (Phi) is 4.08. The van der Waals surface area contributed by atoms with Gasteiger partial charge in [-0.15, -0.1) is 0 Å². The Bertz CT molecular complexity index is 725. The lowest BCUT2D eigenvalue weighted by molar-refractivity contribution is 0.596. The first kappa shape index (κ1) is 13.9. The molecule has 0 aliphatic rings. The third kappa shape index (κ3) is 2.89. The van der Waals surface area contributed by atoms with Gasteiger partial charge in [-0.2, -0.15) is 4.98 Å². The van der Waals surface area contributed by atoms with Gasteiger partial charge in [-0.3, -0.25) is 19.4 Å². The number of hydrogen-bond donors (Lipinski definition) is 2. The molecule has 0 amide bonds. The molecule has 0 aliphatic heterocycles. The van der Waals surface area contributed by atoms with Crippen LogP contribution >= 0.6 is 23.4 Å². The Hall–Kier alpha value is -1.57. The van der Waals surface area contributed by atoms with Crippen LogP contribution in [0.15, 0.2) is 37.8 Å². The number of aromatic nitrogens is 3. The maximum Gasteiger partial charge on any atom is 0.339 e. The minimum Gasteiger partial charge on any atom is -0.326 e. The van der Waals surface area contributed by atoms with E-state index >= 15 is 0 Å². The largest absolute Gasteiger partial charge is 0.339 e. The Labute approximate surface area is 117 Å². The van der Waals surface area contributed by atoms with Crippen LogP contribution < -0.4 is 16.9 Å². The summed E-state index contributed by atoms with van der Waals surface area (Å²) in [6.07, 6.45) is 0. The van der Waals surface area contributed by atoms with Gasteiger partial charge in [0.2, 0.25) is 0 Å². The lowest BCUT2D eigenvalue weighted by Gasteiger charge is -2.10. The van der Waals surface area contributed by atoms with E-state index < -0.39 is 11.1 Å². The molecular formula is C11H11ClN4O2S. The molecule has 0 fully saturated rings. The molecule has 0 bridgehead atoms. The van der Waals surface area contributed by atoms with Crippen molar-refractivity contribution in [1.29, 1.82) is 0 Å². The summed E-state index contributed by atoms with van der Waals surface area (Å²) in [6.45, 7) is 0.320. The Morgan fingerprint density at radius 2 is 2.21 bits per heavy atom. The third-order valence-electron chi connectivity index (χ3n) is 2.41. The van der Waals surface area contributed by atoms with E-state index in [1.165, 1.54) is 16.4 Å². The molecule has 0 saturated carbocycles. The highest BCUT2D eigenvalue weighted by molar-refractivity contribution is 7.99. The monoisotopic (exact) mass is 298 g/mol. The summed E-state index contributed by atoms with van der Waals surface area (Å²) in [5.74, 6) is 0. The van der Waals surface area contributed by atoms with Crippen LogP contribution in [0.2, 0.25) is 5.02 Å². The number of hydrogen-bond acceptors (Lipinski definition) is 5. The summed E-state index contributed by atoms with van der Waals surface area (Å²) < 4.78 is 1.37. The number of aryl methyl sites for hydroxylation is 1. The topological polar surface area (TPSA) is 93.8 Å². The molecule has 0 unspecified atom stereocenters. The molecule has 0 radical (unpaired) electrons. The number of rotatable bonds is 3. The molecular weight excluding hydrogens is 288 g/mol. The number of nitrogens with one attached hydrogen (secondary N) is 1. The molecule has 0 spiro atoms. The molecule has 19 heavy (non-hydrogen) atoms. The summed E-state index contributed by atoms with van der Waals surface area (Å²) in [7, 11) is 1.59. The van der Waals surface area contributed by atoms with Gasteiger partial charge in [0.05, 0.1) is 5.02 Å². The van der Waals surface area contributed by atoms with Crippen LogP contribution in [0.4, 0.5) is 0 Å². The van der Waals surface area contributed by atoms with Crippen molar-refractivity contribution in [3.8, 4) is 0 Å². The van der Waals surface area contributed by atoms with Crippen molar-refractivity contribution in [1.82, 2.24) is 14.8 Å². The minimum absolute atomic E-state index is 0.320. The van der Waals surface area contributed by atoms with E-state index in [0.717, 1.165) is 10.5 Å². The molecule has 0 aliphatic carbocycles. The third-order valence-corrected chi connectivity index (χ3v) is 4.07. The highest BCUT2D eigenvalue weighted by atomic mass is 35.5. The lowest BCUT2D eigenvalue weighted by Crippen LogP contribution is -2.33. The maximum absolute atomic E-state index is 11.3. The Morgan fingerprint density at radius 1 is 1.47 bits per heavy atom. The second kappa shape index (κ2) is 5.60. The summed E-state index contributed by atoms with van der Waals surface area (Å²) in [4.78, 5) is 26.8. The molecule has 1 heterocycles. The first-order chi connectivity index (χ1) is 9.02. The average molecular weight is 299 g/mol. The van der Waals surface area contributed by atoms with Crippen LogP contribution in [-0.2, 0) is 13.6 Å². The minimum atomic E-state index is -0.832. The van der Waals surface area contributed by atoms with E-state index in [4.69, 9.17) is 17.3 Å². The number of nitrogens with zero attached hydrogens (tertiary/aromatic N) is 2. The van der Waals surface area contributed by atoms with Crippen LogP contribution in [0.3, 0.4) is 0 Å². The van der Waals surface area contributed by atoms with E-state index in [-0.39, 0.29) is 0 Å². The highest BCUT2D eigenvalue weighted by Crippen LogP contribution is 2.34. The van der Waals surface area contributed by atoms with Crippen molar-refractivity contribution >= 4 is 23.4 Å². The predicted octanol–water partition coefficient (Wildman–Crippen LogP) is 0.732. The Morgan fingerprint density at radius 3 is 2.89 bits per heavy atom. The number of benzene rings is 1. The van der Waals surface area contributed by atoms with E-state index in [2.05, 4.69) is 10.1 Å². The van der Waals surface area contributed by atoms with Crippen molar-refractivity contribution < 1.29 is 0 Å². The zero-order valence-corrected chi connectivity index (χ0v) is 11.6. The SMILES string of the molecule is Cn1[nH]c(=O)c(=O)nc1Sc1c(Cl)cccc1CN. The van der Waals surface area contributed by atoms with Gasteiger partial charge in [-0.25, -0.2) is 0 Å². The predicted molar refractivity (Wildman–Crippen MR) is 73.6 cm³/mol. The molecule has 2 aromatic rings. The van der Waals surface area contributed by atoms with Gasteiger partial charge >= 0.3 is 11.1 Å². The quantitative estimate of drug-likeness (QED) is 0.815. The molecule has 2 rings (SSSR count). The molecule has 1 aromatic heterocycles. The molecule has 0 atom stereocenters. The van der Waals surface area contributed by atoms with Crippen LogP contribution in [0, 0.1) is 0 Å². The van der Waals surface area contributed by atoms with Crippen LogP contribution in [0.5, 0.6) is 0 Å². The molecule has 100 valence electrons. The maximum atomic E-state index is 11.3. The molecule has 0 saturated heterocycles. The zero-order chi connectivity index (χ0) is 14.0. The fourth-order valence-corrected chi connectivity index (χ4v) is 2.72. The summed E-state index contributed by atoms with van der Waals surface area (Å²) in [6, 6.07) is 5.37. The van der Waals surface area contributed by atoms with E-state index in [9.17, 15) is 9.59 Å². The first-order valence-corrected chi connectivity index (χ1v) is 6.55. The standard InChI is InChI=1S/C11H11ClN4O2S/c1-16-11(14-9(17)10(18)15-16)19-8-6(5-13)3-2-4-7(8)12/h2-4H,5,13H2,1H3,(H,15,18). The first-order valence-electron chi connectivity index (χ1n) is 5.35. The van der Waals surface area contributed by atoms with Gasteiger partial charge < -0.3 is 5.73 Å². The van der Waals surface area contributed by atoms with E-state index in [1.807, 2.05) is 6.07 Å². The second-order valence-electron chi connectivity index (χ2n) is 3.73. The lowest BCUT2D eigenvalue weighted by atomic mass is 10.2. The normalized spacial score (nSPS) is 10.7. The Balaban J connectivity index is 2.50. The van der Waals surface area contributed by atoms with E-state index in [1.54, 1.807) is 19.2 Å². The van der Waals surface area contributed by atoms with Crippen LogP contribution in [-0.4, -0.2) is 14.8 Å². The van der Waals surface area contributed by atoms with Crippen molar-refractivity contribution in [2.45, 2.75) is 16.6 Å². The van der Waals surface area contributed by atoms with Crippen LogP contribution in [0.1, 0.15) is 5.56 Å². The van der Waals surface area contributed by atoms with E-state index in [0.29, 0.717) is 16.7 Å². The highest BCUT2D eigenvalue weighted by Gasteiger charge is 2.12. The summed E-state index contributed by atoms with van der Waals surface area (Å²) in [5.41, 5.74) is 4.90. The summed E-state index contributed by atoms with van der Waals surface area (Å²) in [5, 5.41) is 3.24. The number of aromatic amines is 1. The zero-order valence-electron chi connectivity index (χ0n) is 10.0. The number of halogens is 1. The summed E-state index contributed by atoms with van der Waals surface area (Å²) >= 11 is 7.30. The fourth-order valence-electron chi connectivity index (χ4n) is 1.47. The second-order valence-corrected chi connectivity index (χ2v) is 5.12. The van der Waals surface area contributed by atoms with Gasteiger partial charge in [0.15, 0.2) is 5.16 Å². The number of nitrogens with two attached hydrogens (primary N) is 1. The molecule has 1 aromatic carbocycles. The van der Waals surface area contributed by atoms with Gasteiger partial charge in [0.25, 0.3) is 0 Å².